The molecule has 0 heterocycles. The van der Waals surface area contributed by atoms with Crippen molar-refractivity contribution < 1.29 is 23.2 Å². The van der Waals surface area contributed by atoms with Crippen LogP contribution in [-0.4, -0.2) is 39.7 Å². The van der Waals surface area contributed by atoms with Crippen molar-refractivity contribution in [3.63, 3.8) is 0 Å². The SMILES string of the molecule is CCCC(=C[Si](OCC)(OCC)OCC)C(=O)O. The van der Waals surface area contributed by atoms with Gasteiger partial charge in [-0.15, -0.1) is 0 Å². The van der Waals surface area contributed by atoms with Crippen LogP contribution in [0.4, 0.5) is 0 Å². The number of hydrogen-bond acceptors (Lipinski definition) is 4. The highest BCUT2D eigenvalue weighted by molar-refractivity contribution is 6.66. The van der Waals surface area contributed by atoms with Crippen LogP contribution in [0.1, 0.15) is 40.5 Å². The molecule has 0 bridgehead atoms. The predicted molar refractivity (Wildman–Crippen MR) is 71.3 cm³/mol. The summed E-state index contributed by atoms with van der Waals surface area (Å²) in [4.78, 5) is 11.2. The molecule has 0 rings (SSSR count). The van der Waals surface area contributed by atoms with Crippen LogP contribution in [0.3, 0.4) is 0 Å². The highest BCUT2D eigenvalue weighted by Gasteiger charge is 2.39. The van der Waals surface area contributed by atoms with E-state index in [2.05, 4.69) is 0 Å². The maximum atomic E-state index is 11.2. The molecule has 0 aliphatic rings. The second-order valence-corrected chi connectivity index (χ2v) is 5.99. The highest BCUT2D eigenvalue weighted by Crippen LogP contribution is 2.17. The number of carboxylic acids is 1. The summed E-state index contributed by atoms with van der Waals surface area (Å²) in [5, 5.41) is 9.16. The zero-order valence-electron chi connectivity index (χ0n) is 11.7. The Hall–Kier alpha value is -0.693. The van der Waals surface area contributed by atoms with Crippen molar-refractivity contribution in [2.75, 3.05) is 19.8 Å². The molecule has 1 N–H and O–H groups in total. The van der Waals surface area contributed by atoms with Crippen LogP contribution in [0, 0.1) is 0 Å². The molecule has 0 fully saturated rings. The summed E-state index contributed by atoms with van der Waals surface area (Å²) in [6, 6.07) is 0. The first-order valence-electron chi connectivity index (χ1n) is 6.42. The highest BCUT2D eigenvalue weighted by atomic mass is 28.4. The van der Waals surface area contributed by atoms with Crippen molar-refractivity contribution in [3.05, 3.63) is 11.3 Å². The summed E-state index contributed by atoms with van der Waals surface area (Å²) in [7, 11) is -3.00. The van der Waals surface area contributed by atoms with Gasteiger partial charge in [0, 0.05) is 25.4 Å². The topological polar surface area (TPSA) is 65.0 Å². The smallest absolute Gasteiger partial charge is 0.478 e. The maximum absolute atomic E-state index is 11.2. The fourth-order valence-electron chi connectivity index (χ4n) is 1.58. The number of carbonyl (C=O) groups is 1. The van der Waals surface area contributed by atoms with E-state index in [0.29, 0.717) is 31.8 Å². The number of rotatable bonds is 10. The molecule has 0 saturated heterocycles. The standard InChI is InChI=1S/C12H24O5Si/c1-5-9-11(12(13)14)10-18(15-6-2,16-7-3)17-8-4/h10H,5-9H2,1-4H3,(H,13,14). The lowest BCUT2D eigenvalue weighted by Crippen LogP contribution is -2.45. The Bertz CT molecular complexity index is 261. The summed E-state index contributed by atoms with van der Waals surface area (Å²) in [6.07, 6.45) is 1.24. The zero-order chi connectivity index (χ0) is 14.0. The monoisotopic (exact) mass is 276 g/mol. The van der Waals surface area contributed by atoms with Crippen LogP contribution in [-0.2, 0) is 18.1 Å². The third-order valence-electron chi connectivity index (χ3n) is 2.18. The van der Waals surface area contributed by atoms with Gasteiger partial charge in [-0.3, -0.25) is 0 Å². The van der Waals surface area contributed by atoms with Gasteiger partial charge in [0.25, 0.3) is 0 Å². The molecule has 106 valence electrons. The van der Waals surface area contributed by atoms with E-state index in [1.54, 1.807) is 5.70 Å². The van der Waals surface area contributed by atoms with Gasteiger partial charge in [-0.2, -0.15) is 0 Å². The summed E-state index contributed by atoms with van der Waals surface area (Å²) >= 11 is 0. The number of carboxylic acid groups (broad SMARTS) is 1. The fraction of sp³-hybridized carbons (Fsp3) is 0.750. The normalized spacial score (nSPS) is 12.8. The largest absolute Gasteiger partial charge is 0.530 e. The Balaban J connectivity index is 5.22. The van der Waals surface area contributed by atoms with Gasteiger partial charge >= 0.3 is 14.8 Å². The average Bonchev–Trinajstić information content (AvgIpc) is 2.29. The van der Waals surface area contributed by atoms with Crippen molar-refractivity contribution in [1.82, 2.24) is 0 Å². The third-order valence-corrected chi connectivity index (χ3v) is 4.96. The molecule has 0 amide bonds. The molecule has 0 aliphatic carbocycles. The lowest BCUT2D eigenvalue weighted by atomic mass is 10.2. The first kappa shape index (κ1) is 17.3. The van der Waals surface area contributed by atoms with Crippen molar-refractivity contribution in [2.45, 2.75) is 40.5 Å². The molecule has 0 aromatic rings. The second-order valence-electron chi connectivity index (χ2n) is 3.63. The van der Waals surface area contributed by atoms with Gasteiger partial charge in [0.2, 0.25) is 0 Å². The molecule has 0 atom stereocenters. The van der Waals surface area contributed by atoms with Crippen molar-refractivity contribution in [2.24, 2.45) is 0 Å². The second kappa shape index (κ2) is 9.27. The van der Waals surface area contributed by atoms with E-state index >= 15 is 0 Å². The molecule has 5 nitrogen and oxygen atoms in total. The summed E-state index contributed by atoms with van der Waals surface area (Å²) < 4.78 is 16.8. The molecule has 0 spiro atoms. The molecule has 0 unspecified atom stereocenters. The van der Waals surface area contributed by atoms with Crippen LogP contribution in [0.15, 0.2) is 11.3 Å². The molecule has 0 radical (unpaired) electrons. The van der Waals surface area contributed by atoms with Crippen LogP contribution in [0.5, 0.6) is 0 Å². The molecule has 6 heteroatoms. The molecule has 0 saturated carbocycles. The van der Waals surface area contributed by atoms with Gasteiger partial charge in [-0.05, 0) is 32.9 Å². The van der Waals surface area contributed by atoms with E-state index in [9.17, 15) is 4.79 Å². The van der Waals surface area contributed by atoms with Crippen molar-refractivity contribution in [1.29, 1.82) is 0 Å². The van der Waals surface area contributed by atoms with E-state index < -0.39 is 14.8 Å². The van der Waals surface area contributed by atoms with Crippen LogP contribution in [0.2, 0.25) is 0 Å². The maximum Gasteiger partial charge on any atom is 0.530 e. The quantitative estimate of drug-likeness (QED) is 0.490. The average molecular weight is 276 g/mol. The summed E-state index contributed by atoms with van der Waals surface area (Å²) in [6.45, 7) is 8.75. The van der Waals surface area contributed by atoms with Gasteiger partial charge in [-0.25, -0.2) is 4.79 Å². The summed E-state index contributed by atoms with van der Waals surface area (Å²) in [5.41, 5.74) is 1.87. The van der Waals surface area contributed by atoms with Crippen LogP contribution in [0.25, 0.3) is 0 Å². The Morgan fingerprint density at radius 3 is 1.78 bits per heavy atom. The minimum Gasteiger partial charge on any atom is -0.478 e. The number of hydrogen-bond donors (Lipinski definition) is 1. The fourth-order valence-corrected chi connectivity index (χ4v) is 3.98. The molecule has 0 aromatic carbocycles. The summed E-state index contributed by atoms with van der Waals surface area (Å²) in [5.74, 6) is -0.937. The lowest BCUT2D eigenvalue weighted by Gasteiger charge is -2.26. The number of aliphatic carboxylic acids is 1. The van der Waals surface area contributed by atoms with Crippen LogP contribution >= 0.6 is 0 Å². The van der Waals surface area contributed by atoms with Gasteiger partial charge in [-0.1, -0.05) is 13.3 Å². The van der Waals surface area contributed by atoms with E-state index in [0.717, 1.165) is 6.42 Å². The molecule has 18 heavy (non-hydrogen) atoms. The minimum absolute atomic E-state index is 0.305. The Morgan fingerprint density at radius 2 is 1.50 bits per heavy atom. The molecule has 0 aromatic heterocycles. The first-order chi connectivity index (χ1) is 8.55. The predicted octanol–water partition coefficient (Wildman–Crippen LogP) is 2.39. The van der Waals surface area contributed by atoms with E-state index in [1.165, 1.54) is 0 Å². The Labute approximate surface area is 110 Å². The van der Waals surface area contributed by atoms with E-state index in [4.69, 9.17) is 18.4 Å². The van der Waals surface area contributed by atoms with Gasteiger partial charge in [0.05, 0.1) is 0 Å². The van der Waals surface area contributed by atoms with Gasteiger partial charge < -0.3 is 18.4 Å². The Kier molecular flexibility index (Phi) is 8.91. The molecular weight excluding hydrogens is 252 g/mol. The molecular formula is C12H24O5Si. The third kappa shape index (κ3) is 5.77. The lowest BCUT2D eigenvalue weighted by molar-refractivity contribution is -0.132. The van der Waals surface area contributed by atoms with Gasteiger partial charge in [0.1, 0.15) is 0 Å². The van der Waals surface area contributed by atoms with E-state index in [1.807, 2.05) is 27.7 Å². The van der Waals surface area contributed by atoms with Crippen LogP contribution < -0.4 is 0 Å². The van der Waals surface area contributed by atoms with Crippen molar-refractivity contribution >= 4 is 14.8 Å². The first-order valence-corrected chi connectivity index (χ1v) is 8.22. The van der Waals surface area contributed by atoms with Gasteiger partial charge in [0.15, 0.2) is 0 Å². The van der Waals surface area contributed by atoms with Crippen molar-refractivity contribution in [3.8, 4) is 0 Å². The minimum atomic E-state index is -3.00. The zero-order valence-corrected chi connectivity index (χ0v) is 12.7. The van der Waals surface area contributed by atoms with E-state index in [-0.39, 0.29) is 0 Å². The Morgan fingerprint density at radius 1 is 1.06 bits per heavy atom. The molecule has 0 aliphatic heterocycles.